The number of ether oxygens (including phenoxy) is 2. The first-order valence-electron chi connectivity index (χ1n) is 11.6. The average Bonchev–Trinajstić information content (AvgIpc) is 3.50. The van der Waals surface area contributed by atoms with Gasteiger partial charge in [-0.2, -0.15) is 0 Å². The first kappa shape index (κ1) is 23.9. The van der Waals surface area contributed by atoms with Crippen LogP contribution in [0.3, 0.4) is 0 Å². The molecule has 0 bridgehead atoms. The number of nitrogens with zero attached hydrogens (tertiary/aromatic N) is 2. The zero-order valence-electron chi connectivity index (χ0n) is 19.7. The fourth-order valence-electron chi connectivity index (χ4n) is 3.75. The number of thiazole rings is 2. The van der Waals surface area contributed by atoms with E-state index in [2.05, 4.69) is 15.3 Å². The van der Waals surface area contributed by atoms with Crippen molar-refractivity contribution >= 4 is 60.1 Å². The van der Waals surface area contributed by atoms with E-state index < -0.39 is 18.0 Å². The maximum absolute atomic E-state index is 13.2. The Hall–Kier alpha value is -3.82. The van der Waals surface area contributed by atoms with Gasteiger partial charge < -0.3 is 9.47 Å². The van der Waals surface area contributed by atoms with E-state index in [1.54, 1.807) is 19.1 Å². The standard InChI is InChI=1S/C27H23N3O4S2/c1-3-21(24(31)30-27-29-20-14-13-16(33-4-2)15-23(20)36-27)34-26(32)18-10-6-5-9-17(18)25-28-19-11-7-8-12-22(19)35-25/h5-15,21H,3-4H2,1-2H3,(H,29,30,31). The van der Waals surface area contributed by atoms with E-state index in [0.717, 1.165) is 31.2 Å². The highest BCUT2D eigenvalue weighted by atomic mass is 32.1. The summed E-state index contributed by atoms with van der Waals surface area (Å²) in [4.78, 5) is 35.3. The van der Waals surface area contributed by atoms with Crippen LogP contribution >= 0.6 is 22.7 Å². The highest BCUT2D eigenvalue weighted by Gasteiger charge is 2.25. The molecule has 0 fully saturated rings. The Bertz CT molecular complexity index is 1530. The van der Waals surface area contributed by atoms with E-state index >= 15 is 0 Å². The number of hydrogen-bond donors (Lipinski definition) is 1. The van der Waals surface area contributed by atoms with Crippen LogP contribution in [0.25, 0.3) is 31.0 Å². The molecule has 5 rings (SSSR count). The number of carbonyl (C=O) groups is 2. The predicted octanol–water partition coefficient (Wildman–Crippen LogP) is 6.55. The van der Waals surface area contributed by atoms with Gasteiger partial charge in [0.25, 0.3) is 5.91 Å². The lowest BCUT2D eigenvalue weighted by molar-refractivity contribution is -0.124. The van der Waals surface area contributed by atoms with Gasteiger partial charge in [0.05, 0.1) is 32.6 Å². The molecule has 0 aliphatic rings. The van der Waals surface area contributed by atoms with E-state index in [0.29, 0.717) is 29.3 Å². The topological polar surface area (TPSA) is 90.4 Å². The summed E-state index contributed by atoms with van der Waals surface area (Å²) in [5, 5.41) is 3.96. The van der Waals surface area contributed by atoms with Gasteiger partial charge in [0.1, 0.15) is 10.8 Å². The number of aromatic nitrogens is 2. The number of para-hydroxylation sites is 1. The summed E-state index contributed by atoms with van der Waals surface area (Å²) >= 11 is 2.85. The van der Waals surface area contributed by atoms with Crippen LogP contribution in [0.4, 0.5) is 5.13 Å². The third-order valence-corrected chi connectivity index (χ3v) is 7.49. The molecule has 2 heterocycles. The fourth-order valence-corrected chi connectivity index (χ4v) is 5.65. The molecule has 1 atom stereocenters. The summed E-state index contributed by atoms with van der Waals surface area (Å²) in [5.41, 5.74) is 2.67. The molecule has 0 aliphatic carbocycles. The molecular weight excluding hydrogens is 494 g/mol. The van der Waals surface area contributed by atoms with E-state index in [-0.39, 0.29) is 0 Å². The van der Waals surface area contributed by atoms with Crippen molar-refractivity contribution in [3.8, 4) is 16.3 Å². The monoisotopic (exact) mass is 517 g/mol. The SMILES string of the molecule is CCOc1ccc2nc(NC(=O)C(CC)OC(=O)c3ccccc3-c3nc4ccccc4s3)sc2c1. The largest absolute Gasteiger partial charge is 0.494 e. The van der Waals surface area contributed by atoms with Crippen LogP contribution in [0.1, 0.15) is 30.6 Å². The van der Waals surface area contributed by atoms with Gasteiger partial charge in [0.15, 0.2) is 11.2 Å². The Labute approximate surface area is 215 Å². The van der Waals surface area contributed by atoms with E-state index in [4.69, 9.17) is 9.47 Å². The molecule has 1 amide bonds. The van der Waals surface area contributed by atoms with Crippen molar-refractivity contribution in [3.05, 3.63) is 72.3 Å². The van der Waals surface area contributed by atoms with Crippen molar-refractivity contribution in [2.24, 2.45) is 0 Å². The molecule has 2 aromatic heterocycles. The summed E-state index contributed by atoms with van der Waals surface area (Å²) in [7, 11) is 0. The highest BCUT2D eigenvalue weighted by molar-refractivity contribution is 7.22. The molecule has 9 heteroatoms. The lowest BCUT2D eigenvalue weighted by Crippen LogP contribution is -2.32. The lowest BCUT2D eigenvalue weighted by atomic mass is 10.1. The normalized spacial score (nSPS) is 11.9. The Balaban J connectivity index is 1.33. The smallest absolute Gasteiger partial charge is 0.339 e. The third-order valence-electron chi connectivity index (χ3n) is 5.48. The van der Waals surface area contributed by atoms with Gasteiger partial charge in [-0.1, -0.05) is 48.6 Å². The van der Waals surface area contributed by atoms with Crippen LogP contribution in [0.2, 0.25) is 0 Å². The second-order valence-electron chi connectivity index (χ2n) is 7.91. The summed E-state index contributed by atoms with van der Waals surface area (Å²) in [6.07, 6.45) is -0.646. The first-order chi connectivity index (χ1) is 17.6. The second-order valence-corrected chi connectivity index (χ2v) is 9.97. The minimum absolute atomic E-state index is 0.320. The van der Waals surface area contributed by atoms with Crippen LogP contribution in [-0.2, 0) is 9.53 Å². The predicted molar refractivity (Wildman–Crippen MR) is 144 cm³/mol. The lowest BCUT2D eigenvalue weighted by Gasteiger charge is -2.16. The zero-order valence-corrected chi connectivity index (χ0v) is 21.3. The molecular formula is C27H23N3O4S2. The number of esters is 1. The highest BCUT2D eigenvalue weighted by Crippen LogP contribution is 2.33. The minimum atomic E-state index is -0.966. The molecule has 5 aromatic rings. The third kappa shape index (κ3) is 4.93. The maximum atomic E-state index is 13.2. The number of fused-ring (bicyclic) bond motifs is 2. The molecule has 1 unspecified atom stereocenters. The molecule has 0 radical (unpaired) electrons. The van der Waals surface area contributed by atoms with Gasteiger partial charge in [-0.15, -0.1) is 11.3 Å². The van der Waals surface area contributed by atoms with Crippen molar-refractivity contribution < 1.29 is 19.1 Å². The molecule has 182 valence electrons. The summed E-state index contributed by atoms with van der Waals surface area (Å²) < 4.78 is 13.1. The molecule has 0 saturated heterocycles. The Morgan fingerprint density at radius 1 is 0.917 bits per heavy atom. The number of anilines is 1. The van der Waals surface area contributed by atoms with Crippen LogP contribution in [0, 0.1) is 0 Å². The average molecular weight is 518 g/mol. The number of hydrogen-bond acceptors (Lipinski definition) is 8. The zero-order chi connectivity index (χ0) is 25.1. The van der Waals surface area contributed by atoms with Crippen molar-refractivity contribution in [1.29, 1.82) is 0 Å². The number of nitrogens with one attached hydrogen (secondary N) is 1. The summed E-state index contributed by atoms with van der Waals surface area (Å²) in [6.45, 7) is 4.29. The van der Waals surface area contributed by atoms with Crippen molar-refractivity contribution in [2.45, 2.75) is 26.4 Å². The van der Waals surface area contributed by atoms with Gasteiger partial charge in [0.2, 0.25) is 0 Å². The Morgan fingerprint density at radius 2 is 1.69 bits per heavy atom. The molecule has 3 aromatic carbocycles. The van der Waals surface area contributed by atoms with Crippen LogP contribution in [0.5, 0.6) is 5.75 Å². The van der Waals surface area contributed by atoms with Crippen LogP contribution in [-0.4, -0.2) is 34.6 Å². The van der Waals surface area contributed by atoms with Gasteiger partial charge >= 0.3 is 5.97 Å². The van der Waals surface area contributed by atoms with Gasteiger partial charge in [-0.25, -0.2) is 14.8 Å². The second kappa shape index (κ2) is 10.4. The molecule has 7 nitrogen and oxygen atoms in total. The number of carbonyl (C=O) groups excluding carboxylic acids is 2. The van der Waals surface area contributed by atoms with E-state index in [1.165, 1.54) is 22.7 Å². The maximum Gasteiger partial charge on any atom is 0.339 e. The fraction of sp³-hybridized carbons (Fsp3) is 0.185. The summed E-state index contributed by atoms with van der Waals surface area (Å²) in [5.74, 6) is -0.247. The van der Waals surface area contributed by atoms with Crippen LogP contribution in [0.15, 0.2) is 66.7 Å². The Kier molecular flexibility index (Phi) is 6.92. The minimum Gasteiger partial charge on any atom is -0.494 e. The molecule has 1 N–H and O–H groups in total. The summed E-state index contributed by atoms with van der Waals surface area (Å²) in [6, 6.07) is 20.6. The number of amides is 1. The first-order valence-corrected chi connectivity index (χ1v) is 13.2. The number of benzene rings is 3. The van der Waals surface area contributed by atoms with Gasteiger partial charge in [0, 0.05) is 5.56 Å². The molecule has 0 spiro atoms. The van der Waals surface area contributed by atoms with E-state index in [9.17, 15) is 9.59 Å². The van der Waals surface area contributed by atoms with Crippen molar-refractivity contribution in [3.63, 3.8) is 0 Å². The number of rotatable bonds is 8. The molecule has 0 aliphatic heterocycles. The van der Waals surface area contributed by atoms with Gasteiger partial charge in [-0.05, 0) is 49.7 Å². The quantitative estimate of drug-likeness (QED) is 0.235. The van der Waals surface area contributed by atoms with Crippen LogP contribution < -0.4 is 10.1 Å². The van der Waals surface area contributed by atoms with Crippen molar-refractivity contribution in [1.82, 2.24) is 9.97 Å². The van der Waals surface area contributed by atoms with E-state index in [1.807, 2.05) is 61.5 Å². The van der Waals surface area contributed by atoms with Gasteiger partial charge in [-0.3, -0.25) is 10.1 Å². The molecule has 36 heavy (non-hydrogen) atoms. The Morgan fingerprint density at radius 3 is 2.50 bits per heavy atom. The molecule has 0 saturated carbocycles. The van der Waals surface area contributed by atoms with Crippen molar-refractivity contribution in [2.75, 3.05) is 11.9 Å².